The minimum atomic E-state index is -1.82. The first-order valence-electron chi connectivity index (χ1n) is 11.5. The van der Waals surface area contributed by atoms with Crippen LogP contribution in [-0.4, -0.2) is 51.8 Å². The third-order valence-corrected chi connectivity index (χ3v) is 6.59. The van der Waals surface area contributed by atoms with Crippen LogP contribution in [0.15, 0.2) is 48.5 Å². The molecule has 180 valence electrons. The average molecular weight is 476 g/mol. The number of aliphatic carboxylic acids is 2. The SMILES string of the molecule is CCN(CC)CCC[C@@]1(O)c2ccccc2CCC[C@@H]1c1cccc(Cl)c1.O=C(O)C(=O)O. The lowest BCUT2D eigenvalue weighted by atomic mass is 9.73. The van der Waals surface area contributed by atoms with E-state index in [1.54, 1.807) is 0 Å². The Morgan fingerprint density at radius 3 is 2.33 bits per heavy atom. The number of carboxylic acids is 2. The van der Waals surface area contributed by atoms with E-state index in [4.69, 9.17) is 31.4 Å². The number of halogens is 1. The second-order valence-electron chi connectivity index (χ2n) is 8.32. The number of hydrogen-bond acceptors (Lipinski definition) is 4. The van der Waals surface area contributed by atoms with Crippen molar-refractivity contribution in [1.82, 2.24) is 4.90 Å². The lowest BCUT2D eigenvalue weighted by Crippen LogP contribution is -2.35. The first kappa shape index (κ1) is 26.8. The van der Waals surface area contributed by atoms with Crippen LogP contribution in [0.4, 0.5) is 0 Å². The number of carboxylic acid groups (broad SMARTS) is 2. The van der Waals surface area contributed by atoms with Gasteiger partial charge in [0, 0.05) is 10.9 Å². The molecule has 0 radical (unpaired) electrons. The first-order chi connectivity index (χ1) is 15.7. The Labute approximate surface area is 200 Å². The molecule has 3 rings (SSSR count). The zero-order valence-corrected chi connectivity index (χ0v) is 20.1. The molecule has 0 saturated heterocycles. The Balaban J connectivity index is 0.000000569. The quantitative estimate of drug-likeness (QED) is 0.388. The zero-order chi connectivity index (χ0) is 24.4. The molecule has 1 aliphatic carbocycles. The van der Waals surface area contributed by atoms with Crippen molar-refractivity contribution in [3.05, 3.63) is 70.2 Å². The van der Waals surface area contributed by atoms with E-state index in [1.165, 1.54) is 5.56 Å². The number of nitrogens with zero attached hydrogens (tertiary/aromatic N) is 1. The van der Waals surface area contributed by atoms with Crippen molar-refractivity contribution in [3.8, 4) is 0 Å². The highest BCUT2D eigenvalue weighted by Gasteiger charge is 2.41. The molecule has 0 spiro atoms. The summed E-state index contributed by atoms with van der Waals surface area (Å²) in [5.41, 5.74) is 2.73. The van der Waals surface area contributed by atoms with Crippen molar-refractivity contribution >= 4 is 23.5 Å². The summed E-state index contributed by atoms with van der Waals surface area (Å²) >= 11 is 6.29. The third kappa shape index (κ3) is 7.29. The van der Waals surface area contributed by atoms with E-state index in [0.29, 0.717) is 0 Å². The van der Waals surface area contributed by atoms with Crippen molar-refractivity contribution in [2.75, 3.05) is 19.6 Å². The highest BCUT2D eigenvalue weighted by atomic mass is 35.5. The molecule has 0 unspecified atom stereocenters. The number of carbonyl (C=O) groups is 2. The van der Waals surface area contributed by atoms with E-state index >= 15 is 0 Å². The summed E-state index contributed by atoms with van der Waals surface area (Å²) < 4.78 is 0. The van der Waals surface area contributed by atoms with Crippen LogP contribution in [0.3, 0.4) is 0 Å². The molecule has 0 aromatic heterocycles. The van der Waals surface area contributed by atoms with Gasteiger partial charge in [0.1, 0.15) is 0 Å². The van der Waals surface area contributed by atoms with Gasteiger partial charge >= 0.3 is 11.9 Å². The minimum absolute atomic E-state index is 0.0801. The molecule has 3 N–H and O–H groups in total. The maximum atomic E-state index is 12.1. The predicted octanol–water partition coefficient (Wildman–Crippen LogP) is 4.93. The third-order valence-electron chi connectivity index (χ3n) is 6.36. The van der Waals surface area contributed by atoms with Gasteiger partial charge in [-0.05, 0) is 80.6 Å². The molecule has 6 nitrogen and oxygen atoms in total. The number of hydrogen-bond donors (Lipinski definition) is 3. The zero-order valence-electron chi connectivity index (χ0n) is 19.3. The summed E-state index contributed by atoms with van der Waals surface area (Å²) in [5.74, 6) is -3.57. The van der Waals surface area contributed by atoms with Gasteiger partial charge in [-0.15, -0.1) is 0 Å². The van der Waals surface area contributed by atoms with Crippen LogP contribution in [0.25, 0.3) is 0 Å². The van der Waals surface area contributed by atoms with Gasteiger partial charge in [0.25, 0.3) is 0 Å². The number of benzene rings is 2. The lowest BCUT2D eigenvalue weighted by molar-refractivity contribution is -0.159. The Hall–Kier alpha value is -2.41. The summed E-state index contributed by atoms with van der Waals surface area (Å²) in [4.78, 5) is 20.6. The molecule has 0 saturated carbocycles. The molecule has 7 heteroatoms. The van der Waals surface area contributed by atoms with Crippen LogP contribution in [0.2, 0.25) is 5.02 Å². The van der Waals surface area contributed by atoms with Crippen molar-refractivity contribution < 1.29 is 24.9 Å². The van der Waals surface area contributed by atoms with Crippen LogP contribution in [0.5, 0.6) is 0 Å². The monoisotopic (exact) mass is 475 g/mol. The summed E-state index contributed by atoms with van der Waals surface area (Å²) in [5, 5.41) is 27.6. The fourth-order valence-electron chi connectivity index (χ4n) is 4.67. The molecular formula is C26H34ClNO5. The topological polar surface area (TPSA) is 98.1 Å². The molecule has 0 fully saturated rings. The fraction of sp³-hybridized carbons (Fsp3) is 0.462. The minimum Gasteiger partial charge on any atom is -0.473 e. The van der Waals surface area contributed by atoms with E-state index in [0.717, 1.165) is 67.9 Å². The normalized spacial score (nSPS) is 19.7. The number of aliphatic hydroxyl groups is 1. The Kier molecular flexibility index (Phi) is 10.4. The molecule has 2 atom stereocenters. The molecule has 2 aromatic carbocycles. The Bertz CT molecular complexity index is 918. The predicted molar refractivity (Wildman–Crippen MR) is 130 cm³/mol. The molecule has 1 aliphatic rings. The van der Waals surface area contributed by atoms with Gasteiger partial charge in [-0.3, -0.25) is 0 Å². The largest absolute Gasteiger partial charge is 0.473 e. The van der Waals surface area contributed by atoms with E-state index in [2.05, 4.69) is 49.1 Å². The molecule has 0 amide bonds. The molecular weight excluding hydrogens is 442 g/mol. The molecule has 0 bridgehead atoms. The van der Waals surface area contributed by atoms with Gasteiger partial charge in [0.2, 0.25) is 0 Å². The van der Waals surface area contributed by atoms with E-state index in [1.807, 2.05) is 18.2 Å². The standard InChI is InChI=1S/C24H32ClNO.C2H2O4/c1-3-26(4-2)17-9-16-24(27)22-14-6-5-10-19(22)11-8-15-23(24)20-12-7-13-21(25)18-20;3-1(4)2(5)6/h5-7,10,12-14,18,23,27H,3-4,8-9,11,15-17H2,1-2H3;(H,3,4)(H,5,6)/t23-,24-;/m1./s1. The Morgan fingerprint density at radius 2 is 1.73 bits per heavy atom. The van der Waals surface area contributed by atoms with E-state index in [9.17, 15) is 5.11 Å². The summed E-state index contributed by atoms with van der Waals surface area (Å²) in [6.07, 6.45) is 4.87. The Morgan fingerprint density at radius 1 is 1.06 bits per heavy atom. The maximum absolute atomic E-state index is 12.1. The second-order valence-corrected chi connectivity index (χ2v) is 8.76. The smallest absolute Gasteiger partial charge is 0.414 e. The average Bonchev–Trinajstić information content (AvgIpc) is 2.94. The van der Waals surface area contributed by atoms with Crippen LogP contribution >= 0.6 is 11.6 Å². The summed E-state index contributed by atoms with van der Waals surface area (Å²) in [6, 6.07) is 16.6. The van der Waals surface area contributed by atoms with Crippen molar-refractivity contribution in [3.63, 3.8) is 0 Å². The lowest BCUT2D eigenvalue weighted by Gasteiger charge is -2.37. The summed E-state index contributed by atoms with van der Waals surface area (Å²) in [6.45, 7) is 7.55. The number of rotatable bonds is 7. The molecule has 2 aromatic rings. The van der Waals surface area contributed by atoms with Gasteiger partial charge in [0.15, 0.2) is 0 Å². The molecule has 0 heterocycles. The molecule has 0 aliphatic heterocycles. The number of fused-ring (bicyclic) bond motifs is 1. The van der Waals surface area contributed by atoms with Crippen LogP contribution < -0.4 is 0 Å². The van der Waals surface area contributed by atoms with Crippen molar-refractivity contribution in [1.29, 1.82) is 0 Å². The number of aryl methyl sites for hydroxylation is 1. The van der Waals surface area contributed by atoms with Crippen LogP contribution in [-0.2, 0) is 21.6 Å². The van der Waals surface area contributed by atoms with Crippen molar-refractivity contribution in [2.45, 2.75) is 57.5 Å². The van der Waals surface area contributed by atoms with Gasteiger partial charge in [-0.1, -0.05) is 61.8 Å². The second kappa shape index (κ2) is 12.7. The maximum Gasteiger partial charge on any atom is 0.414 e. The highest BCUT2D eigenvalue weighted by Crippen LogP contribution is 2.47. The van der Waals surface area contributed by atoms with Crippen LogP contribution in [0, 0.1) is 0 Å². The van der Waals surface area contributed by atoms with Gasteiger partial charge in [0.05, 0.1) is 5.60 Å². The first-order valence-corrected chi connectivity index (χ1v) is 11.9. The highest BCUT2D eigenvalue weighted by molar-refractivity contribution is 6.30. The van der Waals surface area contributed by atoms with Gasteiger partial charge in [-0.25, -0.2) is 9.59 Å². The molecule has 33 heavy (non-hydrogen) atoms. The van der Waals surface area contributed by atoms with E-state index in [-0.39, 0.29) is 5.92 Å². The van der Waals surface area contributed by atoms with Gasteiger partial charge in [-0.2, -0.15) is 0 Å². The van der Waals surface area contributed by atoms with E-state index < -0.39 is 17.5 Å². The van der Waals surface area contributed by atoms with Crippen LogP contribution in [0.1, 0.15) is 62.1 Å². The van der Waals surface area contributed by atoms with Gasteiger partial charge < -0.3 is 20.2 Å². The summed E-state index contributed by atoms with van der Waals surface area (Å²) in [7, 11) is 0. The fourth-order valence-corrected chi connectivity index (χ4v) is 4.87. The van der Waals surface area contributed by atoms with Crippen molar-refractivity contribution in [2.24, 2.45) is 0 Å².